The molecule has 0 unspecified atom stereocenters. The van der Waals surface area contributed by atoms with Gasteiger partial charge in [0.15, 0.2) is 5.78 Å². The molecule has 0 amide bonds. The van der Waals surface area contributed by atoms with Crippen LogP contribution in [0.15, 0.2) is 70.1 Å². The molecule has 4 nitrogen and oxygen atoms in total. The number of Topliss-reactive ketones (excluding diaryl/α,β-unsaturated/α-hetero) is 1. The van der Waals surface area contributed by atoms with E-state index in [1.165, 1.54) is 19.3 Å². The van der Waals surface area contributed by atoms with E-state index >= 15 is 0 Å². The lowest BCUT2D eigenvalue weighted by Gasteiger charge is -2.27. The Kier molecular flexibility index (Phi) is 8.62. The van der Waals surface area contributed by atoms with Crippen LogP contribution in [0.25, 0.3) is 0 Å². The van der Waals surface area contributed by atoms with E-state index in [2.05, 4.69) is 22.5 Å². The van der Waals surface area contributed by atoms with Crippen molar-refractivity contribution in [3.8, 4) is 0 Å². The van der Waals surface area contributed by atoms with Gasteiger partial charge in [-0.3, -0.25) is 9.59 Å². The summed E-state index contributed by atoms with van der Waals surface area (Å²) in [6.45, 7) is 6.11. The molecule has 7 heteroatoms. The number of methoxy groups -OCH3 is 1. The number of nitrogens with zero attached hydrogens (tertiary/aromatic N) is 1. The van der Waals surface area contributed by atoms with Crippen molar-refractivity contribution in [3.05, 3.63) is 80.7 Å². The van der Waals surface area contributed by atoms with E-state index < -0.39 is 11.8 Å². The largest absolute Gasteiger partial charge is 0.469 e. The number of ketones is 1. The number of hydrogen-bond acceptors (Lipinski definition) is 4. The lowest BCUT2D eigenvalue weighted by Crippen LogP contribution is -2.24. The molecule has 1 aliphatic carbocycles. The second kappa shape index (κ2) is 10.7. The van der Waals surface area contributed by atoms with E-state index in [4.69, 9.17) is 16.3 Å². The maximum absolute atomic E-state index is 14.2. The minimum absolute atomic E-state index is 0.0614. The van der Waals surface area contributed by atoms with Crippen LogP contribution in [0.5, 0.6) is 0 Å². The number of esters is 1. The molecule has 0 spiro atoms. The summed E-state index contributed by atoms with van der Waals surface area (Å²) >= 11 is 9.14. The third-order valence-corrected chi connectivity index (χ3v) is 5.19. The zero-order chi connectivity index (χ0) is 22.4. The summed E-state index contributed by atoms with van der Waals surface area (Å²) in [5.74, 6) is -1.46. The van der Waals surface area contributed by atoms with Crippen molar-refractivity contribution in [3.63, 3.8) is 0 Å². The molecule has 0 heterocycles. The molecule has 0 saturated carbocycles. The quantitative estimate of drug-likeness (QED) is 0.333. The lowest BCUT2D eigenvalue weighted by molar-refractivity contribution is -0.141. The smallest absolute Gasteiger partial charge is 0.306 e. The highest BCUT2D eigenvalue weighted by Crippen LogP contribution is 2.38. The summed E-state index contributed by atoms with van der Waals surface area (Å²) in [5.41, 5.74) is 2.26. The number of hydrogen-bond donors (Lipinski definition) is 0. The second-order valence-corrected chi connectivity index (χ2v) is 8.82. The Morgan fingerprint density at radius 1 is 1.37 bits per heavy atom. The van der Waals surface area contributed by atoms with Crippen LogP contribution in [0.4, 0.5) is 4.39 Å². The molecule has 1 aromatic rings. The van der Waals surface area contributed by atoms with Crippen LogP contribution in [0.1, 0.15) is 25.3 Å². The van der Waals surface area contributed by atoms with Gasteiger partial charge < -0.3 is 9.64 Å². The van der Waals surface area contributed by atoms with Crippen molar-refractivity contribution in [1.29, 1.82) is 0 Å². The van der Waals surface area contributed by atoms with Gasteiger partial charge in [0.05, 0.1) is 13.5 Å². The number of carbonyl (C=O) groups excluding carboxylic acids is 2. The fourth-order valence-corrected chi connectivity index (χ4v) is 3.83. The Balaban J connectivity index is 2.45. The first-order chi connectivity index (χ1) is 14.1. The van der Waals surface area contributed by atoms with Crippen molar-refractivity contribution in [2.24, 2.45) is 5.92 Å². The topological polar surface area (TPSA) is 46.6 Å². The van der Waals surface area contributed by atoms with Crippen molar-refractivity contribution in [2.75, 3.05) is 14.2 Å². The molecule has 0 aliphatic heterocycles. The van der Waals surface area contributed by atoms with E-state index in [1.807, 2.05) is 24.1 Å². The molecule has 2 rings (SSSR count). The zero-order valence-electron chi connectivity index (χ0n) is 17.2. The SMILES string of the molecule is C=C(/C=C(F)\C=C(/C)Br)C1=C(N(C)Cc2ccc(Cl)cc2)[C@@H](CC(=O)OC)CC1=O. The molecule has 1 atom stereocenters. The van der Waals surface area contributed by atoms with Crippen molar-refractivity contribution in [1.82, 2.24) is 4.90 Å². The zero-order valence-corrected chi connectivity index (χ0v) is 19.5. The van der Waals surface area contributed by atoms with Crippen molar-refractivity contribution < 1.29 is 18.7 Å². The van der Waals surface area contributed by atoms with Crippen molar-refractivity contribution >= 4 is 39.3 Å². The molecular formula is C23H24BrClFNO3. The molecule has 0 N–H and O–H groups in total. The van der Waals surface area contributed by atoms with E-state index in [1.54, 1.807) is 19.1 Å². The van der Waals surface area contributed by atoms with E-state index in [0.717, 1.165) is 5.56 Å². The highest BCUT2D eigenvalue weighted by atomic mass is 79.9. The van der Waals surface area contributed by atoms with Gasteiger partial charge in [0.1, 0.15) is 5.83 Å². The van der Waals surface area contributed by atoms with Crippen LogP contribution in [0.2, 0.25) is 5.02 Å². The molecule has 0 radical (unpaired) electrons. The van der Waals surface area contributed by atoms with E-state index in [0.29, 0.717) is 27.3 Å². The van der Waals surface area contributed by atoms with Gasteiger partial charge in [-0.1, -0.05) is 46.2 Å². The maximum Gasteiger partial charge on any atom is 0.306 e. The molecular weight excluding hydrogens is 473 g/mol. The fraction of sp³-hybridized carbons (Fsp3) is 0.304. The average molecular weight is 497 g/mol. The Hall–Kier alpha value is -2.18. The second-order valence-electron chi connectivity index (χ2n) is 7.13. The monoisotopic (exact) mass is 495 g/mol. The van der Waals surface area contributed by atoms with Gasteiger partial charge >= 0.3 is 5.97 Å². The average Bonchev–Trinajstić information content (AvgIpc) is 2.98. The van der Waals surface area contributed by atoms with Gasteiger partial charge in [0.2, 0.25) is 0 Å². The summed E-state index contributed by atoms with van der Waals surface area (Å²) in [6.07, 6.45) is 2.74. The van der Waals surface area contributed by atoms with Crippen LogP contribution < -0.4 is 0 Å². The third kappa shape index (κ3) is 6.41. The summed E-state index contributed by atoms with van der Waals surface area (Å²) < 4.78 is 19.6. The minimum Gasteiger partial charge on any atom is -0.469 e. The van der Waals surface area contributed by atoms with Crippen LogP contribution in [0.3, 0.4) is 0 Å². The lowest BCUT2D eigenvalue weighted by atomic mass is 9.99. The molecule has 1 aliphatic rings. The van der Waals surface area contributed by atoms with Crippen LogP contribution in [-0.4, -0.2) is 30.8 Å². The highest BCUT2D eigenvalue weighted by Gasteiger charge is 2.36. The Labute approximate surface area is 189 Å². The number of rotatable bonds is 8. The summed E-state index contributed by atoms with van der Waals surface area (Å²) in [5, 5.41) is 0.630. The molecule has 0 fully saturated rings. The normalized spacial score (nSPS) is 17.4. The van der Waals surface area contributed by atoms with E-state index in [-0.39, 0.29) is 30.1 Å². The third-order valence-electron chi connectivity index (χ3n) is 4.71. The molecule has 160 valence electrons. The number of carbonyl (C=O) groups is 2. The van der Waals surface area contributed by atoms with Gasteiger partial charge in [-0.05, 0) is 46.8 Å². The predicted octanol–water partition coefficient (Wildman–Crippen LogP) is 5.89. The molecule has 30 heavy (non-hydrogen) atoms. The molecule has 0 saturated heterocycles. The Morgan fingerprint density at radius 2 is 2.00 bits per heavy atom. The van der Waals surface area contributed by atoms with Crippen LogP contribution >= 0.6 is 27.5 Å². The number of ether oxygens (including phenoxy) is 1. The molecule has 0 bridgehead atoms. The number of halogens is 3. The van der Waals surface area contributed by atoms with Gasteiger partial charge in [-0.2, -0.15) is 0 Å². The predicted molar refractivity (Wildman–Crippen MR) is 121 cm³/mol. The first-order valence-corrected chi connectivity index (χ1v) is 10.5. The Bertz CT molecular complexity index is 930. The first kappa shape index (κ1) is 24.1. The van der Waals surface area contributed by atoms with Gasteiger partial charge in [-0.25, -0.2) is 4.39 Å². The van der Waals surface area contributed by atoms with E-state index in [9.17, 15) is 14.0 Å². The number of benzene rings is 1. The van der Waals surface area contributed by atoms with Crippen LogP contribution in [-0.2, 0) is 20.9 Å². The minimum atomic E-state index is -0.522. The summed E-state index contributed by atoms with van der Waals surface area (Å²) in [4.78, 5) is 26.6. The number of allylic oxidation sites excluding steroid dienone is 7. The summed E-state index contributed by atoms with van der Waals surface area (Å²) in [7, 11) is 3.15. The maximum atomic E-state index is 14.2. The van der Waals surface area contributed by atoms with Gasteiger partial charge in [0, 0.05) is 42.2 Å². The standard InChI is InChI=1S/C23H24BrClFNO3/c1-14(9-19(26)10-15(2)24)22-20(28)11-17(12-21(29)30-4)23(22)27(3)13-16-5-7-18(25)8-6-16/h5-10,17H,1,11-13H2,2-4H3/b15-10+,19-9+/t17-/m1/s1. The fourth-order valence-electron chi connectivity index (χ4n) is 3.49. The Morgan fingerprint density at radius 3 is 2.57 bits per heavy atom. The highest BCUT2D eigenvalue weighted by molar-refractivity contribution is 9.11. The van der Waals surface area contributed by atoms with Crippen LogP contribution in [0, 0.1) is 5.92 Å². The van der Waals surface area contributed by atoms with Gasteiger partial charge in [0.25, 0.3) is 0 Å². The summed E-state index contributed by atoms with van der Waals surface area (Å²) in [6, 6.07) is 7.36. The first-order valence-electron chi connectivity index (χ1n) is 9.32. The molecule has 0 aromatic heterocycles. The van der Waals surface area contributed by atoms with Gasteiger partial charge in [-0.15, -0.1) is 0 Å². The molecule has 1 aromatic carbocycles. The van der Waals surface area contributed by atoms with Crippen molar-refractivity contribution in [2.45, 2.75) is 26.3 Å².